The maximum absolute atomic E-state index is 11.8. The fraction of sp³-hybridized carbons (Fsp3) is 0.357. The molecule has 1 aromatic carbocycles. The van der Waals surface area contributed by atoms with Crippen LogP contribution in [0.15, 0.2) is 24.3 Å². The molecule has 0 aromatic heterocycles. The molecule has 0 saturated heterocycles. The number of hydrogen-bond acceptors (Lipinski definition) is 5. The van der Waals surface area contributed by atoms with E-state index in [0.29, 0.717) is 11.3 Å². The number of amides is 2. The fourth-order valence-corrected chi connectivity index (χ4v) is 1.66. The van der Waals surface area contributed by atoms with E-state index < -0.39 is 24.5 Å². The van der Waals surface area contributed by atoms with Gasteiger partial charge in [-0.2, -0.15) is 0 Å². The first-order valence-electron chi connectivity index (χ1n) is 6.31. The van der Waals surface area contributed by atoms with E-state index in [-0.39, 0.29) is 12.3 Å². The minimum absolute atomic E-state index is 0.0495. The van der Waals surface area contributed by atoms with Gasteiger partial charge >= 0.3 is 5.97 Å². The standard InChI is InChI=1S/C14H18N2O5/c1-9(18)15-11-5-3-10(4-6-11)7-13(19)16-12(8-17)14(20)21-2/h3-6,12,17H,7-8H2,1-2H3,(H,15,18)(H,16,19)/t12-/m1/s1. The van der Waals surface area contributed by atoms with Crippen LogP contribution in [0.3, 0.4) is 0 Å². The lowest BCUT2D eigenvalue weighted by Gasteiger charge is -2.13. The average Bonchev–Trinajstić information content (AvgIpc) is 2.45. The van der Waals surface area contributed by atoms with Crippen molar-refractivity contribution in [2.45, 2.75) is 19.4 Å². The number of aliphatic hydroxyl groups is 1. The lowest BCUT2D eigenvalue weighted by molar-refractivity contribution is -0.146. The summed E-state index contributed by atoms with van der Waals surface area (Å²) in [6, 6.07) is 5.66. The normalized spacial score (nSPS) is 11.4. The Hall–Kier alpha value is -2.41. The number of ether oxygens (including phenoxy) is 1. The molecule has 114 valence electrons. The van der Waals surface area contributed by atoms with Crippen LogP contribution in [0.1, 0.15) is 12.5 Å². The van der Waals surface area contributed by atoms with E-state index >= 15 is 0 Å². The molecule has 1 rings (SSSR count). The van der Waals surface area contributed by atoms with Crippen molar-refractivity contribution >= 4 is 23.5 Å². The molecular formula is C14H18N2O5. The lowest BCUT2D eigenvalue weighted by atomic mass is 10.1. The zero-order valence-corrected chi connectivity index (χ0v) is 11.9. The summed E-state index contributed by atoms with van der Waals surface area (Å²) in [6.07, 6.45) is 0.0495. The van der Waals surface area contributed by atoms with Crippen LogP contribution in [0.4, 0.5) is 5.69 Å². The first-order chi connectivity index (χ1) is 9.96. The monoisotopic (exact) mass is 294 g/mol. The number of rotatable bonds is 6. The molecule has 7 heteroatoms. The van der Waals surface area contributed by atoms with Gasteiger partial charge in [0.25, 0.3) is 0 Å². The molecule has 1 aromatic rings. The average molecular weight is 294 g/mol. The molecule has 0 heterocycles. The molecule has 2 amide bonds. The summed E-state index contributed by atoms with van der Waals surface area (Å²) in [4.78, 5) is 33.9. The van der Waals surface area contributed by atoms with Crippen molar-refractivity contribution in [3.8, 4) is 0 Å². The van der Waals surface area contributed by atoms with Gasteiger partial charge in [0.05, 0.1) is 20.1 Å². The SMILES string of the molecule is COC(=O)[C@@H](CO)NC(=O)Cc1ccc(NC(C)=O)cc1. The molecule has 21 heavy (non-hydrogen) atoms. The van der Waals surface area contributed by atoms with Crippen LogP contribution >= 0.6 is 0 Å². The predicted molar refractivity (Wildman–Crippen MR) is 75.5 cm³/mol. The minimum atomic E-state index is -1.07. The molecule has 0 aliphatic carbocycles. The smallest absolute Gasteiger partial charge is 0.330 e. The number of nitrogens with one attached hydrogen (secondary N) is 2. The molecule has 0 radical (unpaired) electrons. The molecule has 0 saturated carbocycles. The van der Waals surface area contributed by atoms with E-state index in [0.717, 1.165) is 0 Å². The second-order valence-electron chi connectivity index (χ2n) is 4.38. The van der Waals surface area contributed by atoms with Crippen molar-refractivity contribution in [1.29, 1.82) is 0 Å². The summed E-state index contributed by atoms with van der Waals surface area (Å²) in [5.41, 5.74) is 1.35. The molecule has 1 atom stereocenters. The van der Waals surface area contributed by atoms with Gasteiger partial charge in [-0.1, -0.05) is 12.1 Å². The first kappa shape index (κ1) is 16.6. The van der Waals surface area contributed by atoms with Crippen molar-refractivity contribution in [2.75, 3.05) is 19.0 Å². The van der Waals surface area contributed by atoms with E-state index in [1.54, 1.807) is 24.3 Å². The maximum Gasteiger partial charge on any atom is 0.330 e. The highest BCUT2D eigenvalue weighted by atomic mass is 16.5. The molecule has 0 spiro atoms. The fourth-order valence-electron chi connectivity index (χ4n) is 1.66. The van der Waals surface area contributed by atoms with Crippen molar-refractivity contribution in [2.24, 2.45) is 0 Å². The van der Waals surface area contributed by atoms with Gasteiger partial charge in [-0.3, -0.25) is 9.59 Å². The number of benzene rings is 1. The van der Waals surface area contributed by atoms with E-state index in [2.05, 4.69) is 15.4 Å². The van der Waals surface area contributed by atoms with Gasteiger partial charge < -0.3 is 20.5 Å². The summed E-state index contributed by atoms with van der Waals surface area (Å²) in [5.74, 6) is -1.29. The Labute approximate surface area is 122 Å². The molecule has 3 N–H and O–H groups in total. The second kappa shape index (κ2) is 8.01. The van der Waals surface area contributed by atoms with Crippen LogP contribution in [0.25, 0.3) is 0 Å². The zero-order chi connectivity index (χ0) is 15.8. The summed E-state index contributed by atoms with van der Waals surface area (Å²) in [5, 5.41) is 14.0. The Morgan fingerprint density at radius 3 is 2.33 bits per heavy atom. The Balaban J connectivity index is 2.58. The molecule has 0 unspecified atom stereocenters. The maximum atomic E-state index is 11.8. The number of hydrogen-bond donors (Lipinski definition) is 3. The van der Waals surface area contributed by atoms with Crippen LogP contribution in [0.5, 0.6) is 0 Å². The quantitative estimate of drug-likeness (QED) is 0.632. The Morgan fingerprint density at radius 1 is 1.24 bits per heavy atom. The highest BCUT2D eigenvalue weighted by Gasteiger charge is 2.20. The molecule has 7 nitrogen and oxygen atoms in total. The summed E-state index contributed by atoms with van der Waals surface area (Å²) < 4.78 is 4.45. The number of carbonyl (C=O) groups excluding carboxylic acids is 3. The Bertz CT molecular complexity index is 513. The number of carbonyl (C=O) groups is 3. The van der Waals surface area contributed by atoms with Crippen molar-refractivity contribution in [3.05, 3.63) is 29.8 Å². The molecule has 0 aliphatic rings. The Morgan fingerprint density at radius 2 is 1.86 bits per heavy atom. The topological polar surface area (TPSA) is 105 Å². The van der Waals surface area contributed by atoms with Crippen molar-refractivity contribution in [1.82, 2.24) is 5.32 Å². The third kappa shape index (κ3) is 5.62. The zero-order valence-electron chi connectivity index (χ0n) is 11.9. The number of methoxy groups -OCH3 is 1. The van der Waals surface area contributed by atoms with Crippen LogP contribution in [-0.2, 0) is 25.5 Å². The third-order valence-electron chi connectivity index (χ3n) is 2.64. The van der Waals surface area contributed by atoms with Gasteiger partial charge in [0, 0.05) is 12.6 Å². The van der Waals surface area contributed by atoms with Crippen LogP contribution in [-0.4, -0.2) is 42.6 Å². The molecular weight excluding hydrogens is 276 g/mol. The highest BCUT2D eigenvalue weighted by molar-refractivity contribution is 5.89. The van der Waals surface area contributed by atoms with E-state index in [1.807, 2.05) is 0 Å². The third-order valence-corrected chi connectivity index (χ3v) is 2.64. The number of esters is 1. The predicted octanol–water partition coefficient (Wildman–Crippen LogP) is -0.162. The van der Waals surface area contributed by atoms with E-state index in [9.17, 15) is 14.4 Å². The van der Waals surface area contributed by atoms with Crippen LogP contribution in [0, 0.1) is 0 Å². The van der Waals surface area contributed by atoms with Crippen LogP contribution < -0.4 is 10.6 Å². The van der Waals surface area contributed by atoms with Gasteiger partial charge in [0.15, 0.2) is 6.04 Å². The van der Waals surface area contributed by atoms with Crippen LogP contribution in [0.2, 0.25) is 0 Å². The molecule has 0 bridgehead atoms. The summed E-state index contributed by atoms with van der Waals surface area (Å²) in [6.45, 7) is 0.878. The largest absolute Gasteiger partial charge is 0.467 e. The molecule has 0 fully saturated rings. The van der Waals surface area contributed by atoms with Gasteiger partial charge in [-0.15, -0.1) is 0 Å². The van der Waals surface area contributed by atoms with E-state index in [4.69, 9.17) is 5.11 Å². The first-order valence-corrected chi connectivity index (χ1v) is 6.31. The van der Waals surface area contributed by atoms with Gasteiger partial charge in [-0.25, -0.2) is 4.79 Å². The van der Waals surface area contributed by atoms with Gasteiger partial charge in [-0.05, 0) is 17.7 Å². The van der Waals surface area contributed by atoms with Gasteiger partial charge in [0.2, 0.25) is 11.8 Å². The second-order valence-corrected chi connectivity index (χ2v) is 4.38. The Kier molecular flexibility index (Phi) is 6.35. The summed E-state index contributed by atoms with van der Waals surface area (Å²) >= 11 is 0. The van der Waals surface area contributed by atoms with Crippen molar-refractivity contribution in [3.63, 3.8) is 0 Å². The highest BCUT2D eigenvalue weighted by Crippen LogP contribution is 2.10. The number of aliphatic hydroxyl groups excluding tert-OH is 1. The van der Waals surface area contributed by atoms with Gasteiger partial charge in [0.1, 0.15) is 0 Å². The lowest BCUT2D eigenvalue weighted by Crippen LogP contribution is -2.44. The van der Waals surface area contributed by atoms with Crippen molar-refractivity contribution < 1.29 is 24.2 Å². The number of anilines is 1. The molecule has 0 aliphatic heterocycles. The summed E-state index contributed by atoms with van der Waals surface area (Å²) in [7, 11) is 1.18. The van der Waals surface area contributed by atoms with E-state index in [1.165, 1.54) is 14.0 Å². The minimum Gasteiger partial charge on any atom is -0.467 e.